The van der Waals surface area contributed by atoms with Gasteiger partial charge in [-0.3, -0.25) is 9.58 Å². The maximum absolute atomic E-state index is 13.9. The number of morpholine rings is 1. The van der Waals surface area contributed by atoms with E-state index >= 15 is 0 Å². The maximum Gasteiger partial charge on any atom is 0.142 e. The van der Waals surface area contributed by atoms with Crippen molar-refractivity contribution < 1.29 is 9.13 Å². The molecule has 34 heavy (non-hydrogen) atoms. The molecule has 0 amide bonds. The van der Waals surface area contributed by atoms with Gasteiger partial charge in [-0.05, 0) is 56.0 Å². The first-order chi connectivity index (χ1) is 16.7. The van der Waals surface area contributed by atoms with Crippen LogP contribution in [0.2, 0.25) is 5.02 Å². The topological polar surface area (TPSA) is 59.0 Å². The highest BCUT2D eigenvalue weighted by Gasteiger charge is 2.28. The molecule has 0 atom stereocenters. The van der Waals surface area contributed by atoms with Gasteiger partial charge < -0.3 is 9.72 Å². The highest BCUT2D eigenvalue weighted by Crippen LogP contribution is 2.33. The Labute approximate surface area is 202 Å². The SMILES string of the molecule is Fc1cccc(-c2nc3ccc(-c4ccn([C@H]5CC[C@H](N6CCOCC6)CC5)n4)cc3[nH]2)c1Cl. The molecule has 0 radical (unpaired) electrons. The number of aromatic amines is 1. The van der Waals surface area contributed by atoms with E-state index in [1.165, 1.54) is 18.9 Å². The Kier molecular flexibility index (Phi) is 5.85. The molecule has 1 saturated heterocycles. The van der Waals surface area contributed by atoms with Crippen molar-refractivity contribution in [1.29, 1.82) is 0 Å². The van der Waals surface area contributed by atoms with Crippen LogP contribution in [-0.4, -0.2) is 57.0 Å². The van der Waals surface area contributed by atoms with Crippen LogP contribution in [-0.2, 0) is 4.74 Å². The van der Waals surface area contributed by atoms with Gasteiger partial charge in [0.2, 0.25) is 0 Å². The number of H-pyrrole nitrogens is 1. The average Bonchev–Trinajstić information content (AvgIpc) is 3.53. The molecule has 4 aromatic rings. The molecule has 0 unspecified atom stereocenters. The predicted octanol–water partition coefficient (Wildman–Crippen LogP) is 5.70. The summed E-state index contributed by atoms with van der Waals surface area (Å²) in [6.07, 6.45) is 6.84. The lowest BCUT2D eigenvalue weighted by Crippen LogP contribution is -2.45. The summed E-state index contributed by atoms with van der Waals surface area (Å²) in [7, 11) is 0. The van der Waals surface area contributed by atoms with E-state index in [9.17, 15) is 4.39 Å². The Morgan fingerprint density at radius 3 is 2.62 bits per heavy atom. The molecular formula is C26H27ClFN5O. The van der Waals surface area contributed by atoms with Crippen molar-refractivity contribution in [3.63, 3.8) is 0 Å². The molecular weight excluding hydrogens is 453 g/mol. The van der Waals surface area contributed by atoms with Crippen LogP contribution >= 0.6 is 11.6 Å². The van der Waals surface area contributed by atoms with Crippen LogP contribution < -0.4 is 0 Å². The molecule has 1 saturated carbocycles. The van der Waals surface area contributed by atoms with Crippen LogP contribution in [0.25, 0.3) is 33.7 Å². The number of hydrogen-bond donors (Lipinski definition) is 1. The standard InChI is InChI=1S/C26H27ClFN5O/c27-25-20(2-1-3-21(25)28)26-29-23-9-4-17(16-24(23)30-26)22-10-11-33(31-22)19-7-5-18(6-8-19)32-12-14-34-15-13-32/h1-4,9-11,16,18-19H,5-8,12-15H2,(H,29,30)/t18-,19-. The van der Waals surface area contributed by atoms with E-state index in [2.05, 4.69) is 31.8 Å². The van der Waals surface area contributed by atoms with Crippen LogP contribution in [0.4, 0.5) is 4.39 Å². The van der Waals surface area contributed by atoms with Crippen LogP contribution in [0.1, 0.15) is 31.7 Å². The van der Waals surface area contributed by atoms with Crippen molar-refractivity contribution >= 4 is 22.6 Å². The van der Waals surface area contributed by atoms with Crippen molar-refractivity contribution in [3.05, 3.63) is 59.5 Å². The smallest absolute Gasteiger partial charge is 0.142 e. The van der Waals surface area contributed by atoms with E-state index in [-0.39, 0.29) is 5.02 Å². The zero-order valence-electron chi connectivity index (χ0n) is 18.9. The molecule has 1 aliphatic carbocycles. The lowest BCUT2D eigenvalue weighted by atomic mass is 9.90. The largest absolute Gasteiger partial charge is 0.379 e. The summed E-state index contributed by atoms with van der Waals surface area (Å²) in [6.45, 7) is 3.84. The van der Waals surface area contributed by atoms with Gasteiger partial charge in [0.25, 0.3) is 0 Å². The van der Waals surface area contributed by atoms with Crippen LogP contribution in [0.3, 0.4) is 0 Å². The van der Waals surface area contributed by atoms with E-state index in [4.69, 9.17) is 21.4 Å². The number of nitrogens with zero attached hydrogens (tertiary/aromatic N) is 4. The zero-order valence-corrected chi connectivity index (χ0v) is 19.6. The van der Waals surface area contributed by atoms with Gasteiger partial charge in [0.15, 0.2) is 0 Å². The number of aromatic nitrogens is 4. The second kappa shape index (κ2) is 9.13. The van der Waals surface area contributed by atoms with Crippen molar-refractivity contribution in [2.75, 3.05) is 26.3 Å². The second-order valence-electron chi connectivity index (χ2n) is 9.21. The summed E-state index contributed by atoms with van der Waals surface area (Å²) in [5.74, 6) is 0.101. The molecule has 2 aromatic heterocycles. The summed E-state index contributed by atoms with van der Waals surface area (Å²) >= 11 is 6.16. The molecule has 1 N–H and O–H groups in total. The van der Waals surface area contributed by atoms with E-state index in [0.29, 0.717) is 23.5 Å². The molecule has 3 heterocycles. The third-order valence-corrected chi connectivity index (χ3v) is 7.58. The molecule has 8 heteroatoms. The molecule has 176 valence electrons. The lowest BCUT2D eigenvalue weighted by molar-refractivity contribution is 0.00507. The van der Waals surface area contributed by atoms with E-state index in [0.717, 1.165) is 61.4 Å². The normalized spacial score (nSPS) is 21.8. The van der Waals surface area contributed by atoms with E-state index < -0.39 is 5.82 Å². The number of ether oxygens (including phenoxy) is 1. The minimum Gasteiger partial charge on any atom is -0.379 e. The molecule has 2 aromatic carbocycles. The summed E-state index contributed by atoms with van der Waals surface area (Å²) in [5, 5.41) is 4.99. The van der Waals surface area contributed by atoms with Gasteiger partial charge in [-0.2, -0.15) is 5.10 Å². The number of imidazole rings is 1. The highest BCUT2D eigenvalue weighted by molar-refractivity contribution is 6.33. The van der Waals surface area contributed by atoms with Crippen molar-refractivity contribution in [2.45, 2.75) is 37.8 Å². The number of fused-ring (bicyclic) bond motifs is 1. The fourth-order valence-corrected chi connectivity index (χ4v) is 5.52. The molecule has 1 aliphatic heterocycles. The van der Waals surface area contributed by atoms with E-state index in [1.807, 2.05) is 18.2 Å². The molecule has 0 bridgehead atoms. The Bertz CT molecular complexity index is 1300. The first kappa shape index (κ1) is 21.8. The van der Waals surface area contributed by atoms with Crippen LogP contribution in [0.5, 0.6) is 0 Å². The van der Waals surface area contributed by atoms with Gasteiger partial charge in [0.1, 0.15) is 11.6 Å². The van der Waals surface area contributed by atoms with Crippen LogP contribution in [0.15, 0.2) is 48.7 Å². The Hall–Kier alpha value is -2.74. The monoisotopic (exact) mass is 479 g/mol. The minimum absolute atomic E-state index is 0.0730. The van der Waals surface area contributed by atoms with Crippen molar-refractivity contribution in [3.8, 4) is 22.6 Å². The highest BCUT2D eigenvalue weighted by atomic mass is 35.5. The molecule has 2 aliphatic rings. The van der Waals surface area contributed by atoms with Gasteiger partial charge in [0.05, 0.1) is 41.0 Å². The average molecular weight is 480 g/mol. The summed E-state index contributed by atoms with van der Waals surface area (Å²) in [6, 6.07) is 14.0. The van der Waals surface area contributed by atoms with Gasteiger partial charge >= 0.3 is 0 Å². The Morgan fingerprint density at radius 2 is 1.79 bits per heavy atom. The fraction of sp³-hybridized carbons (Fsp3) is 0.385. The molecule has 6 rings (SSSR count). The Balaban J connectivity index is 1.19. The number of nitrogens with one attached hydrogen (secondary N) is 1. The predicted molar refractivity (Wildman–Crippen MR) is 131 cm³/mol. The first-order valence-corrected chi connectivity index (χ1v) is 12.3. The van der Waals surface area contributed by atoms with Gasteiger partial charge in [-0.15, -0.1) is 0 Å². The third-order valence-electron chi connectivity index (χ3n) is 7.20. The second-order valence-corrected chi connectivity index (χ2v) is 9.59. The first-order valence-electron chi connectivity index (χ1n) is 12.0. The minimum atomic E-state index is -0.454. The number of benzene rings is 2. The maximum atomic E-state index is 13.9. The number of hydrogen-bond acceptors (Lipinski definition) is 4. The summed E-state index contributed by atoms with van der Waals surface area (Å²) in [5.41, 5.74) is 4.19. The van der Waals surface area contributed by atoms with Gasteiger partial charge in [-0.1, -0.05) is 23.7 Å². The molecule has 6 nitrogen and oxygen atoms in total. The summed E-state index contributed by atoms with van der Waals surface area (Å²) < 4.78 is 21.5. The Morgan fingerprint density at radius 1 is 1.00 bits per heavy atom. The molecule has 2 fully saturated rings. The van der Waals surface area contributed by atoms with Crippen molar-refractivity contribution in [1.82, 2.24) is 24.6 Å². The van der Waals surface area contributed by atoms with E-state index in [1.54, 1.807) is 12.1 Å². The molecule has 0 spiro atoms. The van der Waals surface area contributed by atoms with Crippen molar-refractivity contribution in [2.24, 2.45) is 0 Å². The fourth-order valence-electron chi connectivity index (χ4n) is 5.31. The van der Waals surface area contributed by atoms with Gasteiger partial charge in [0, 0.05) is 36.5 Å². The van der Waals surface area contributed by atoms with Gasteiger partial charge in [-0.25, -0.2) is 9.37 Å². The third kappa shape index (κ3) is 4.13. The number of halogens is 2. The lowest BCUT2D eigenvalue weighted by Gasteiger charge is -2.38. The summed E-state index contributed by atoms with van der Waals surface area (Å²) in [4.78, 5) is 10.5. The quantitative estimate of drug-likeness (QED) is 0.408. The zero-order chi connectivity index (χ0) is 23.1. The van der Waals surface area contributed by atoms with Crippen LogP contribution in [0, 0.1) is 5.82 Å². The number of rotatable bonds is 4.